The van der Waals surface area contributed by atoms with Gasteiger partial charge in [0.2, 0.25) is 0 Å². The number of halogens is 4. The van der Waals surface area contributed by atoms with Crippen molar-refractivity contribution in [2.75, 3.05) is 22.9 Å². The van der Waals surface area contributed by atoms with Gasteiger partial charge in [0.25, 0.3) is 0 Å². The molecule has 3 aromatic rings. The minimum Gasteiger partial charge on any atom is -0.355 e. The molecule has 0 aliphatic carbocycles. The number of piperidine rings is 1. The summed E-state index contributed by atoms with van der Waals surface area (Å²) in [5, 5.41) is 9.42. The van der Waals surface area contributed by atoms with E-state index in [1.54, 1.807) is 27.4 Å². The summed E-state index contributed by atoms with van der Waals surface area (Å²) in [6, 6.07) is 4.98. The van der Waals surface area contributed by atoms with E-state index < -0.39 is 11.7 Å². The van der Waals surface area contributed by atoms with Gasteiger partial charge in [-0.3, -0.25) is 14.3 Å². The molecule has 2 aliphatic heterocycles. The van der Waals surface area contributed by atoms with Gasteiger partial charge >= 0.3 is 12.2 Å². The zero-order valence-electron chi connectivity index (χ0n) is 20.3. The third kappa shape index (κ3) is 4.29. The summed E-state index contributed by atoms with van der Waals surface area (Å²) in [5.41, 5.74) is 0.868. The van der Waals surface area contributed by atoms with Crippen LogP contribution in [-0.2, 0) is 33.4 Å². The molecule has 0 bridgehead atoms. The molecular weight excluding hydrogens is 495 g/mol. The monoisotopic (exact) mass is 521 g/mol. The number of benzene rings is 1. The smallest absolute Gasteiger partial charge is 0.355 e. The van der Waals surface area contributed by atoms with Crippen molar-refractivity contribution >= 4 is 29.3 Å². The van der Waals surface area contributed by atoms with Crippen LogP contribution in [0.25, 0.3) is 0 Å². The van der Waals surface area contributed by atoms with Gasteiger partial charge in [0, 0.05) is 45.0 Å². The SMILES string of the molecule is Cc1nn(C)c(N2CCC(N3Cc4cn(C)nc4N(Cc4ccccc4C(F)(F)F)C3=O)CC2)c1Cl. The van der Waals surface area contributed by atoms with Crippen LogP contribution in [0, 0.1) is 6.92 Å². The molecule has 36 heavy (non-hydrogen) atoms. The average molecular weight is 522 g/mol. The fourth-order valence-electron chi connectivity index (χ4n) is 5.25. The van der Waals surface area contributed by atoms with E-state index in [4.69, 9.17) is 11.6 Å². The number of aryl methyl sites for hydroxylation is 3. The third-order valence-electron chi connectivity index (χ3n) is 6.93. The summed E-state index contributed by atoms with van der Waals surface area (Å²) < 4.78 is 44.3. The van der Waals surface area contributed by atoms with E-state index in [0.717, 1.165) is 23.1 Å². The molecule has 0 spiro atoms. The van der Waals surface area contributed by atoms with Gasteiger partial charge in [0.1, 0.15) is 10.8 Å². The van der Waals surface area contributed by atoms with Crippen LogP contribution < -0.4 is 9.80 Å². The zero-order valence-corrected chi connectivity index (χ0v) is 21.0. The van der Waals surface area contributed by atoms with E-state index in [-0.39, 0.29) is 24.2 Å². The highest BCUT2D eigenvalue weighted by molar-refractivity contribution is 6.33. The molecule has 1 fully saturated rings. The largest absolute Gasteiger partial charge is 0.416 e. The summed E-state index contributed by atoms with van der Waals surface area (Å²) in [6.45, 7) is 3.39. The Labute approximate surface area is 211 Å². The van der Waals surface area contributed by atoms with Crippen molar-refractivity contribution in [2.45, 2.75) is 45.1 Å². The number of nitrogens with zero attached hydrogens (tertiary/aromatic N) is 7. The maximum absolute atomic E-state index is 13.7. The highest BCUT2D eigenvalue weighted by Crippen LogP contribution is 2.37. The van der Waals surface area contributed by atoms with Gasteiger partial charge in [0.15, 0.2) is 5.82 Å². The molecule has 0 radical (unpaired) electrons. The second-order valence-corrected chi connectivity index (χ2v) is 9.75. The van der Waals surface area contributed by atoms with Crippen molar-refractivity contribution in [2.24, 2.45) is 14.1 Å². The first-order valence-electron chi connectivity index (χ1n) is 11.7. The first-order valence-corrected chi connectivity index (χ1v) is 12.1. The topological polar surface area (TPSA) is 62.4 Å². The minimum atomic E-state index is -4.51. The fraction of sp³-hybridized carbons (Fsp3) is 0.458. The van der Waals surface area contributed by atoms with Crippen LogP contribution in [0.3, 0.4) is 0 Å². The van der Waals surface area contributed by atoms with Crippen molar-refractivity contribution in [3.05, 3.63) is 57.9 Å². The molecule has 4 heterocycles. The highest BCUT2D eigenvalue weighted by atomic mass is 35.5. The van der Waals surface area contributed by atoms with Crippen molar-refractivity contribution in [3.63, 3.8) is 0 Å². The second kappa shape index (κ2) is 9.02. The van der Waals surface area contributed by atoms with Crippen molar-refractivity contribution < 1.29 is 18.0 Å². The predicted octanol–water partition coefficient (Wildman–Crippen LogP) is 4.75. The number of hydrogen-bond acceptors (Lipinski definition) is 4. The van der Waals surface area contributed by atoms with E-state index in [2.05, 4.69) is 15.1 Å². The number of carbonyl (C=O) groups excluding carboxylic acids is 1. The molecule has 8 nitrogen and oxygen atoms in total. The van der Waals surface area contributed by atoms with E-state index in [9.17, 15) is 18.0 Å². The Bertz CT molecular complexity index is 1290. The predicted molar refractivity (Wildman–Crippen MR) is 130 cm³/mol. The van der Waals surface area contributed by atoms with Crippen LogP contribution in [0.2, 0.25) is 5.02 Å². The van der Waals surface area contributed by atoms with Gasteiger partial charge in [0.05, 0.1) is 24.3 Å². The Hall–Kier alpha value is -3.21. The lowest BCUT2D eigenvalue weighted by Gasteiger charge is -2.43. The molecule has 5 rings (SSSR count). The van der Waals surface area contributed by atoms with Crippen molar-refractivity contribution in [1.82, 2.24) is 24.5 Å². The Morgan fingerprint density at radius 3 is 2.44 bits per heavy atom. The van der Waals surface area contributed by atoms with E-state index in [1.807, 2.05) is 20.2 Å². The second-order valence-electron chi connectivity index (χ2n) is 9.37. The number of alkyl halides is 3. The molecule has 1 aromatic carbocycles. The normalized spacial score (nSPS) is 17.2. The summed E-state index contributed by atoms with van der Waals surface area (Å²) in [5.74, 6) is 1.27. The first kappa shape index (κ1) is 24.5. The van der Waals surface area contributed by atoms with Crippen molar-refractivity contribution in [3.8, 4) is 0 Å². The minimum absolute atomic E-state index is 0.0350. The van der Waals surface area contributed by atoms with E-state index in [0.29, 0.717) is 43.3 Å². The molecule has 0 unspecified atom stereocenters. The standard InChI is InChI=1S/C24H27ClF3N7O/c1-15-20(25)22(32(3)29-15)33-10-8-18(9-11-33)34-14-17-12-31(2)30-21(17)35(23(34)36)13-16-6-4-5-7-19(16)24(26,27)28/h4-7,12,18H,8-11,13-14H2,1-3H3. The van der Waals surface area contributed by atoms with Gasteiger partial charge in [-0.2, -0.15) is 23.4 Å². The third-order valence-corrected chi connectivity index (χ3v) is 7.37. The van der Waals surface area contributed by atoms with Crippen LogP contribution in [0.4, 0.5) is 29.6 Å². The number of anilines is 2. The lowest BCUT2D eigenvalue weighted by molar-refractivity contribution is -0.138. The van der Waals surface area contributed by atoms with Crippen LogP contribution in [0.15, 0.2) is 30.5 Å². The number of carbonyl (C=O) groups is 1. The van der Waals surface area contributed by atoms with E-state index >= 15 is 0 Å². The number of urea groups is 1. The summed E-state index contributed by atoms with van der Waals surface area (Å²) >= 11 is 6.47. The Balaban J connectivity index is 1.39. The summed E-state index contributed by atoms with van der Waals surface area (Å²) in [4.78, 5) is 19.0. The number of hydrogen-bond donors (Lipinski definition) is 0. The van der Waals surface area contributed by atoms with Crippen LogP contribution in [0.5, 0.6) is 0 Å². The molecule has 0 saturated carbocycles. The number of rotatable bonds is 4. The van der Waals surface area contributed by atoms with Crippen LogP contribution >= 0.6 is 11.6 Å². The molecule has 2 aliphatic rings. The first-order chi connectivity index (χ1) is 17.0. The van der Waals surface area contributed by atoms with E-state index in [1.165, 1.54) is 17.0 Å². The Morgan fingerprint density at radius 1 is 1.11 bits per heavy atom. The fourth-order valence-corrected chi connectivity index (χ4v) is 5.53. The summed E-state index contributed by atoms with van der Waals surface area (Å²) in [6.07, 6.45) is -1.28. The lowest BCUT2D eigenvalue weighted by Crippen LogP contribution is -2.54. The highest BCUT2D eigenvalue weighted by Gasteiger charge is 2.40. The molecule has 0 atom stereocenters. The summed E-state index contributed by atoms with van der Waals surface area (Å²) in [7, 11) is 3.60. The molecule has 12 heteroatoms. The molecular formula is C24H27ClF3N7O. The lowest BCUT2D eigenvalue weighted by atomic mass is 10.0. The molecule has 2 amide bonds. The Kier molecular flexibility index (Phi) is 6.14. The van der Waals surface area contributed by atoms with Crippen molar-refractivity contribution in [1.29, 1.82) is 0 Å². The number of aromatic nitrogens is 4. The molecule has 2 aromatic heterocycles. The quantitative estimate of drug-likeness (QED) is 0.497. The number of amides is 2. The van der Waals surface area contributed by atoms with Gasteiger partial charge in [-0.15, -0.1) is 0 Å². The van der Waals surface area contributed by atoms with Gasteiger partial charge in [-0.25, -0.2) is 4.79 Å². The van der Waals surface area contributed by atoms with Gasteiger partial charge in [-0.1, -0.05) is 29.8 Å². The molecule has 1 saturated heterocycles. The zero-order chi connectivity index (χ0) is 25.8. The molecule has 192 valence electrons. The van der Waals surface area contributed by atoms with Gasteiger partial charge < -0.3 is 9.80 Å². The maximum Gasteiger partial charge on any atom is 0.416 e. The van der Waals surface area contributed by atoms with Gasteiger partial charge in [-0.05, 0) is 31.4 Å². The van der Waals surface area contributed by atoms with Crippen LogP contribution in [0.1, 0.15) is 35.2 Å². The molecule has 0 N–H and O–H groups in total. The Morgan fingerprint density at radius 2 is 1.81 bits per heavy atom. The maximum atomic E-state index is 13.7. The number of fused-ring (bicyclic) bond motifs is 1. The average Bonchev–Trinajstić information content (AvgIpc) is 3.32. The van der Waals surface area contributed by atoms with Crippen LogP contribution in [-0.4, -0.2) is 49.6 Å².